The van der Waals surface area contributed by atoms with Crippen LogP contribution in [-0.4, -0.2) is 37.6 Å². The second-order valence-corrected chi connectivity index (χ2v) is 6.54. The fourth-order valence-electron chi connectivity index (χ4n) is 2.57. The maximum atomic E-state index is 11.8. The van der Waals surface area contributed by atoms with E-state index in [1.165, 1.54) is 11.3 Å². The Morgan fingerprint density at radius 1 is 1.43 bits per heavy atom. The molecule has 6 heteroatoms. The van der Waals surface area contributed by atoms with Crippen molar-refractivity contribution in [1.29, 1.82) is 0 Å². The van der Waals surface area contributed by atoms with Crippen molar-refractivity contribution in [3.8, 4) is 0 Å². The van der Waals surface area contributed by atoms with Crippen LogP contribution < -0.4 is 10.6 Å². The maximum Gasteiger partial charge on any atom is 0.261 e. The highest BCUT2D eigenvalue weighted by Crippen LogP contribution is 2.25. The summed E-state index contributed by atoms with van der Waals surface area (Å²) in [5.74, 6) is 0.452. The average molecular weight is 310 g/mol. The summed E-state index contributed by atoms with van der Waals surface area (Å²) in [6.07, 6.45) is 1.19. The number of carbonyl (C=O) groups excluding carboxylic acids is 2. The van der Waals surface area contributed by atoms with Crippen LogP contribution in [0.5, 0.6) is 0 Å². The molecule has 0 aliphatic carbocycles. The number of rotatable bonds is 6. The first-order chi connectivity index (χ1) is 10.1. The highest BCUT2D eigenvalue weighted by Gasteiger charge is 2.30. The Morgan fingerprint density at radius 2 is 2.24 bits per heavy atom. The van der Waals surface area contributed by atoms with Gasteiger partial charge < -0.3 is 15.4 Å². The van der Waals surface area contributed by atoms with Gasteiger partial charge in [-0.25, -0.2) is 0 Å². The van der Waals surface area contributed by atoms with Gasteiger partial charge >= 0.3 is 0 Å². The third kappa shape index (κ3) is 4.54. The van der Waals surface area contributed by atoms with Crippen LogP contribution in [0.25, 0.3) is 0 Å². The van der Waals surface area contributed by atoms with E-state index in [0.29, 0.717) is 23.3 Å². The van der Waals surface area contributed by atoms with Gasteiger partial charge in [-0.15, -0.1) is 11.3 Å². The molecule has 2 rings (SSSR count). The van der Waals surface area contributed by atoms with Crippen LogP contribution in [0.4, 0.5) is 0 Å². The molecule has 116 valence electrons. The second-order valence-electron chi connectivity index (χ2n) is 5.59. The predicted molar refractivity (Wildman–Crippen MR) is 82.3 cm³/mol. The van der Waals surface area contributed by atoms with Crippen molar-refractivity contribution in [3.63, 3.8) is 0 Å². The number of carbonyl (C=O) groups is 2. The van der Waals surface area contributed by atoms with Crippen LogP contribution in [0.3, 0.4) is 0 Å². The molecule has 0 bridgehead atoms. The van der Waals surface area contributed by atoms with Gasteiger partial charge in [0.25, 0.3) is 5.91 Å². The monoisotopic (exact) mass is 310 g/mol. The SMILES string of the molecule is CC(C)C1OCCC1CNC(=O)CNC(=O)c1cccs1. The second kappa shape index (κ2) is 7.56. The molecule has 2 N–H and O–H groups in total. The summed E-state index contributed by atoms with van der Waals surface area (Å²) in [7, 11) is 0. The Balaban J connectivity index is 1.69. The van der Waals surface area contributed by atoms with Crippen molar-refractivity contribution < 1.29 is 14.3 Å². The Kier molecular flexibility index (Phi) is 5.76. The highest BCUT2D eigenvalue weighted by atomic mass is 32.1. The van der Waals surface area contributed by atoms with Gasteiger partial charge in [-0.05, 0) is 23.8 Å². The Labute approximate surface area is 129 Å². The lowest BCUT2D eigenvalue weighted by Crippen LogP contribution is -2.40. The molecule has 1 aromatic rings. The van der Waals surface area contributed by atoms with E-state index in [-0.39, 0.29) is 24.5 Å². The van der Waals surface area contributed by atoms with Crippen molar-refractivity contribution in [3.05, 3.63) is 22.4 Å². The first kappa shape index (κ1) is 16.0. The molecule has 2 amide bonds. The van der Waals surface area contributed by atoms with Gasteiger partial charge in [-0.1, -0.05) is 19.9 Å². The standard InChI is InChI=1S/C15H22N2O3S/c1-10(2)14-11(5-6-20-14)8-16-13(18)9-17-15(19)12-4-3-7-21-12/h3-4,7,10-11,14H,5-6,8-9H2,1-2H3,(H,16,18)(H,17,19). The van der Waals surface area contributed by atoms with Crippen molar-refractivity contribution in [2.75, 3.05) is 19.7 Å². The fourth-order valence-corrected chi connectivity index (χ4v) is 3.21. The van der Waals surface area contributed by atoms with Crippen molar-refractivity contribution in [2.45, 2.75) is 26.4 Å². The number of hydrogen-bond donors (Lipinski definition) is 2. The smallest absolute Gasteiger partial charge is 0.261 e. The van der Waals surface area contributed by atoms with E-state index in [9.17, 15) is 9.59 Å². The van der Waals surface area contributed by atoms with Gasteiger partial charge in [0, 0.05) is 19.1 Å². The lowest BCUT2D eigenvalue weighted by atomic mass is 9.93. The molecule has 2 heterocycles. The molecule has 2 unspecified atom stereocenters. The highest BCUT2D eigenvalue weighted by molar-refractivity contribution is 7.12. The summed E-state index contributed by atoms with van der Waals surface area (Å²) < 4.78 is 5.69. The molecule has 1 saturated heterocycles. The van der Waals surface area contributed by atoms with Gasteiger partial charge in [0.15, 0.2) is 0 Å². The quantitative estimate of drug-likeness (QED) is 0.839. The summed E-state index contributed by atoms with van der Waals surface area (Å²) in [6, 6.07) is 3.55. The Morgan fingerprint density at radius 3 is 2.90 bits per heavy atom. The topological polar surface area (TPSA) is 67.4 Å². The summed E-state index contributed by atoms with van der Waals surface area (Å²) >= 11 is 1.36. The van der Waals surface area contributed by atoms with Gasteiger partial charge in [0.1, 0.15) is 0 Å². The van der Waals surface area contributed by atoms with E-state index in [1.54, 1.807) is 6.07 Å². The molecule has 1 fully saturated rings. The molecule has 0 spiro atoms. The lowest BCUT2D eigenvalue weighted by Gasteiger charge is -2.22. The van der Waals surface area contributed by atoms with Crippen LogP contribution in [0.15, 0.2) is 17.5 Å². The third-order valence-corrected chi connectivity index (χ3v) is 4.51. The minimum Gasteiger partial charge on any atom is -0.378 e. The van der Waals surface area contributed by atoms with E-state index < -0.39 is 0 Å². The van der Waals surface area contributed by atoms with Crippen molar-refractivity contribution >= 4 is 23.2 Å². The summed E-state index contributed by atoms with van der Waals surface area (Å²) in [5.41, 5.74) is 0. The molecule has 0 radical (unpaired) electrons. The molecule has 1 aliphatic heterocycles. The molecule has 2 atom stereocenters. The predicted octanol–water partition coefficient (Wildman–Crippen LogP) is 1.66. The summed E-state index contributed by atoms with van der Waals surface area (Å²) in [5, 5.41) is 7.34. The number of thiophene rings is 1. The van der Waals surface area contributed by atoms with Crippen LogP contribution in [-0.2, 0) is 9.53 Å². The normalized spacial score (nSPS) is 21.5. The van der Waals surface area contributed by atoms with Gasteiger partial charge in [0.05, 0.1) is 17.5 Å². The number of nitrogens with one attached hydrogen (secondary N) is 2. The van der Waals surface area contributed by atoms with Gasteiger partial charge in [-0.3, -0.25) is 9.59 Å². The van der Waals surface area contributed by atoms with E-state index in [4.69, 9.17) is 4.74 Å². The van der Waals surface area contributed by atoms with Gasteiger partial charge in [0.2, 0.25) is 5.91 Å². The summed E-state index contributed by atoms with van der Waals surface area (Å²) in [4.78, 5) is 24.1. The Bertz CT molecular complexity index is 473. The minimum atomic E-state index is -0.204. The largest absolute Gasteiger partial charge is 0.378 e. The number of ether oxygens (including phenoxy) is 1. The van der Waals surface area contributed by atoms with Crippen LogP contribution in [0.2, 0.25) is 0 Å². The molecule has 0 saturated carbocycles. The van der Waals surface area contributed by atoms with Gasteiger partial charge in [-0.2, -0.15) is 0 Å². The van der Waals surface area contributed by atoms with Crippen molar-refractivity contribution in [1.82, 2.24) is 10.6 Å². The Hall–Kier alpha value is -1.40. The lowest BCUT2D eigenvalue weighted by molar-refractivity contribution is -0.120. The van der Waals surface area contributed by atoms with E-state index >= 15 is 0 Å². The first-order valence-corrected chi connectivity index (χ1v) is 8.16. The molecule has 5 nitrogen and oxygen atoms in total. The fraction of sp³-hybridized carbons (Fsp3) is 0.600. The zero-order chi connectivity index (χ0) is 15.2. The maximum absolute atomic E-state index is 11.8. The van der Waals surface area contributed by atoms with Crippen molar-refractivity contribution in [2.24, 2.45) is 11.8 Å². The van der Waals surface area contributed by atoms with E-state index in [0.717, 1.165) is 13.0 Å². The minimum absolute atomic E-state index is 0.0106. The average Bonchev–Trinajstić information content (AvgIpc) is 3.12. The first-order valence-electron chi connectivity index (χ1n) is 7.28. The van der Waals surface area contributed by atoms with Crippen LogP contribution >= 0.6 is 11.3 Å². The number of hydrogen-bond acceptors (Lipinski definition) is 4. The van der Waals surface area contributed by atoms with E-state index in [2.05, 4.69) is 24.5 Å². The van der Waals surface area contributed by atoms with Crippen LogP contribution in [0.1, 0.15) is 29.9 Å². The molecule has 1 aliphatic rings. The molecular formula is C15H22N2O3S. The molecule has 1 aromatic heterocycles. The third-order valence-electron chi connectivity index (χ3n) is 3.64. The summed E-state index contributed by atoms with van der Waals surface area (Å²) in [6.45, 7) is 5.64. The zero-order valence-corrected chi connectivity index (χ0v) is 13.2. The zero-order valence-electron chi connectivity index (χ0n) is 12.4. The molecule has 21 heavy (non-hydrogen) atoms. The molecule has 0 aromatic carbocycles. The van der Waals surface area contributed by atoms with Crippen LogP contribution in [0, 0.1) is 11.8 Å². The van der Waals surface area contributed by atoms with E-state index in [1.807, 2.05) is 11.4 Å². The number of amides is 2. The molecular weight excluding hydrogens is 288 g/mol.